The van der Waals surface area contributed by atoms with Gasteiger partial charge < -0.3 is 15.2 Å². The quantitative estimate of drug-likeness (QED) is 0.807. The van der Waals surface area contributed by atoms with Crippen molar-refractivity contribution in [2.24, 2.45) is 0 Å². The van der Waals surface area contributed by atoms with E-state index >= 15 is 0 Å². The Labute approximate surface area is 149 Å². The fourth-order valence-corrected chi connectivity index (χ4v) is 2.63. The molecule has 0 aliphatic carbocycles. The van der Waals surface area contributed by atoms with E-state index in [1.54, 1.807) is 6.07 Å². The summed E-state index contributed by atoms with van der Waals surface area (Å²) >= 11 is 0. The van der Waals surface area contributed by atoms with Gasteiger partial charge in [0.15, 0.2) is 0 Å². The molecule has 0 bridgehead atoms. The highest BCUT2D eigenvalue weighted by Crippen LogP contribution is 2.21. The van der Waals surface area contributed by atoms with Crippen molar-refractivity contribution in [3.63, 3.8) is 0 Å². The Bertz CT molecular complexity index is 712. The molecule has 0 aliphatic rings. The fourth-order valence-electron chi connectivity index (χ4n) is 2.63. The van der Waals surface area contributed by atoms with Crippen LogP contribution in [-0.2, 0) is 4.79 Å². The van der Waals surface area contributed by atoms with Gasteiger partial charge in [-0.1, -0.05) is 42.0 Å². The third-order valence-corrected chi connectivity index (χ3v) is 4.02. The average Bonchev–Trinajstić information content (AvgIpc) is 2.58. The molecule has 4 nitrogen and oxygen atoms in total. The van der Waals surface area contributed by atoms with Crippen LogP contribution in [0.25, 0.3) is 0 Å². The van der Waals surface area contributed by atoms with Gasteiger partial charge in [0, 0.05) is 6.54 Å². The van der Waals surface area contributed by atoms with Crippen LogP contribution in [0.1, 0.15) is 49.5 Å². The summed E-state index contributed by atoms with van der Waals surface area (Å²) in [6.45, 7) is 7.95. The van der Waals surface area contributed by atoms with E-state index in [-0.39, 0.29) is 24.5 Å². The van der Waals surface area contributed by atoms with Crippen molar-refractivity contribution in [2.45, 2.75) is 45.8 Å². The molecular weight excluding hydrogens is 314 g/mol. The van der Waals surface area contributed by atoms with Crippen LogP contribution in [0.5, 0.6) is 5.75 Å². The van der Waals surface area contributed by atoms with Crippen LogP contribution in [0.15, 0.2) is 48.5 Å². The molecule has 2 aromatic rings. The first-order chi connectivity index (χ1) is 11.9. The van der Waals surface area contributed by atoms with Gasteiger partial charge in [0.2, 0.25) is 5.91 Å². The summed E-state index contributed by atoms with van der Waals surface area (Å²) in [5, 5.41) is 13.2. The smallest absolute Gasteiger partial charge is 0.227 e. The number of amides is 1. The standard InChI is InChI=1S/C21H27NO3/c1-14(2)25-19-10-6-9-18(12-19)20(23)13-22-21(24)16(4)17-8-5-7-15(3)11-17/h5-12,14,16,20,23H,13H2,1-4H3,(H,22,24). The molecule has 0 saturated carbocycles. The minimum atomic E-state index is -0.774. The van der Waals surface area contributed by atoms with Crippen LogP contribution in [0.4, 0.5) is 0 Å². The molecule has 1 amide bonds. The first-order valence-electron chi connectivity index (χ1n) is 8.65. The summed E-state index contributed by atoms with van der Waals surface area (Å²) in [5.74, 6) is 0.355. The second kappa shape index (κ2) is 8.67. The van der Waals surface area contributed by atoms with E-state index < -0.39 is 6.10 Å². The zero-order chi connectivity index (χ0) is 18.4. The van der Waals surface area contributed by atoms with E-state index in [1.165, 1.54) is 0 Å². The highest BCUT2D eigenvalue weighted by Gasteiger charge is 2.17. The first-order valence-corrected chi connectivity index (χ1v) is 8.65. The Hall–Kier alpha value is -2.33. The lowest BCUT2D eigenvalue weighted by Crippen LogP contribution is -2.31. The van der Waals surface area contributed by atoms with Crippen LogP contribution in [0.3, 0.4) is 0 Å². The highest BCUT2D eigenvalue weighted by molar-refractivity contribution is 5.83. The maximum absolute atomic E-state index is 12.4. The molecule has 134 valence electrons. The van der Waals surface area contributed by atoms with E-state index in [9.17, 15) is 9.90 Å². The number of carbonyl (C=O) groups is 1. The van der Waals surface area contributed by atoms with Gasteiger partial charge in [-0.05, 0) is 51.0 Å². The molecule has 0 spiro atoms. The van der Waals surface area contributed by atoms with Gasteiger partial charge in [-0.3, -0.25) is 4.79 Å². The van der Waals surface area contributed by atoms with Gasteiger partial charge in [-0.2, -0.15) is 0 Å². The molecule has 2 N–H and O–H groups in total. The van der Waals surface area contributed by atoms with E-state index in [4.69, 9.17) is 4.74 Å². The van der Waals surface area contributed by atoms with E-state index in [2.05, 4.69) is 5.32 Å². The third kappa shape index (κ3) is 5.61. The van der Waals surface area contributed by atoms with Gasteiger partial charge in [-0.25, -0.2) is 0 Å². The summed E-state index contributed by atoms with van der Waals surface area (Å²) in [7, 11) is 0. The molecule has 0 fully saturated rings. The second-order valence-corrected chi connectivity index (χ2v) is 6.64. The molecule has 4 heteroatoms. The molecule has 25 heavy (non-hydrogen) atoms. The molecule has 0 aromatic heterocycles. The normalized spacial score (nSPS) is 13.4. The van der Waals surface area contributed by atoms with Crippen molar-refractivity contribution in [3.05, 3.63) is 65.2 Å². The lowest BCUT2D eigenvalue weighted by atomic mass is 9.98. The summed E-state index contributed by atoms with van der Waals surface area (Å²) in [4.78, 5) is 12.4. The minimum Gasteiger partial charge on any atom is -0.491 e. The van der Waals surface area contributed by atoms with E-state index in [0.29, 0.717) is 5.75 Å². The number of ether oxygens (including phenoxy) is 1. The molecule has 0 saturated heterocycles. The molecule has 0 aliphatic heterocycles. The average molecular weight is 341 g/mol. The maximum atomic E-state index is 12.4. The van der Waals surface area contributed by atoms with Crippen molar-refractivity contribution >= 4 is 5.91 Å². The van der Waals surface area contributed by atoms with Crippen molar-refractivity contribution in [2.75, 3.05) is 6.54 Å². The number of nitrogens with one attached hydrogen (secondary N) is 1. The summed E-state index contributed by atoms with van der Waals surface area (Å²) in [6.07, 6.45) is -0.702. The summed E-state index contributed by atoms with van der Waals surface area (Å²) in [5.41, 5.74) is 2.82. The van der Waals surface area contributed by atoms with Gasteiger partial charge >= 0.3 is 0 Å². The third-order valence-electron chi connectivity index (χ3n) is 4.02. The molecule has 2 atom stereocenters. The number of benzene rings is 2. The predicted octanol–water partition coefficient (Wildman–Crippen LogP) is 3.74. The lowest BCUT2D eigenvalue weighted by Gasteiger charge is -2.17. The number of carbonyl (C=O) groups excluding carboxylic acids is 1. The van der Waals surface area contributed by atoms with Crippen molar-refractivity contribution < 1.29 is 14.6 Å². The molecule has 0 heterocycles. The van der Waals surface area contributed by atoms with Crippen LogP contribution in [0.2, 0.25) is 0 Å². The number of hydrogen-bond acceptors (Lipinski definition) is 3. The van der Waals surface area contributed by atoms with Gasteiger partial charge in [0.25, 0.3) is 0 Å². The van der Waals surface area contributed by atoms with Gasteiger partial charge in [0.1, 0.15) is 5.75 Å². The Morgan fingerprint density at radius 2 is 1.76 bits per heavy atom. The Morgan fingerprint density at radius 3 is 2.44 bits per heavy atom. The fraction of sp³-hybridized carbons (Fsp3) is 0.381. The van der Waals surface area contributed by atoms with Crippen LogP contribution in [0, 0.1) is 6.92 Å². The minimum absolute atomic E-state index is 0.0716. The van der Waals surface area contributed by atoms with Crippen LogP contribution in [-0.4, -0.2) is 23.7 Å². The van der Waals surface area contributed by atoms with Gasteiger partial charge in [0.05, 0.1) is 18.1 Å². The number of hydrogen-bond donors (Lipinski definition) is 2. The maximum Gasteiger partial charge on any atom is 0.227 e. The Morgan fingerprint density at radius 1 is 1.08 bits per heavy atom. The second-order valence-electron chi connectivity index (χ2n) is 6.64. The molecule has 0 radical (unpaired) electrons. The van der Waals surface area contributed by atoms with Crippen LogP contribution < -0.4 is 10.1 Å². The first kappa shape index (κ1) is 19.0. The molecular formula is C21H27NO3. The molecule has 2 aromatic carbocycles. The van der Waals surface area contributed by atoms with Gasteiger partial charge in [-0.15, -0.1) is 0 Å². The zero-order valence-electron chi connectivity index (χ0n) is 15.3. The van der Waals surface area contributed by atoms with Crippen molar-refractivity contribution in [3.8, 4) is 5.75 Å². The SMILES string of the molecule is Cc1cccc(C(C)C(=O)NCC(O)c2cccc(OC(C)C)c2)c1. The topological polar surface area (TPSA) is 58.6 Å². The summed E-state index contributed by atoms with van der Waals surface area (Å²) in [6, 6.07) is 15.2. The number of rotatable bonds is 7. The van der Waals surface area contributed by atoms with Crippen molar-refractivity contribution in [1.82, 2.24) is 5.32 Å². The predicted molar refractivity (Wildman–Crippen MR) is 99.8 cm³/mol. The van der Waals surface area contributed by atoms with Crippen LogP contribution >= 0.6 is 0 Å². The number of aryl methyl sites for hydroxylation is 1. The number of aliphatic hydroxyl groups is 1. The van der Waals surface area contributed by atoms with E-state index in [0.717, 1.165) is 16.7 Å². The monoisotopic (exact) mass is 341 g/mol. The Balaban J connectivity index is 1.95. The molecule has 2 unspecified atom stereocenters. The number of aliphatic hydroxyl groups excluding tert-OH is 1. The highest BCUT2D eigenvalue weighted by atomic mass is 16.5. The zero-order valence-corrected chi connectivity index (χ0v) is 15.3. The van der Waals surface area contributed by atoms with E-state index in [1.807, 2.05) is 70.2 Å². The summed E-state index contributed by atoms with van der Waals surface area (Å²) < 4.78 is 5.64. The lowest BCUT2D eigenvalue weighted by molar-refractivity contribution is -0.122. The largest absolute Gasteiger partial charge is 0.491 e. The van der Waals surface area contributed by atoms with Crippen molar-refractivity contribution in [1.29, 1.82) is 0 Å². The Kier molecular flexibility index (Phi) is 6.59. The molecule has 2 rings (SSSR count).